The molecule has 2 aromatic rings. The van der Waals surface area contributed by atoms with Gasteiger partial charge in [-0.25, -0.2) is 13.1 Å². The SMILES string of the molecule is Cc1ccc(S(=O)(=O)Cn2nnnc2[C@H](C(C)C)N2CCN(C3CCCCC3)CC2)cc1. The number of rotatable bonds is 7. The van der Waals surface area contributed by atoms with Gasteiger partial charge in [0.2, 0.25) is 0 Å². The Hall–Kier alpha value is -1.84. The molecule has 1 saturated carbocycles. The molecule has 0 amide bonds. The van der Waals surface area contributed by atoms with E-state index in [0.717, 1.165) is 37.8 Å². The maximum absolute atomic E-state index is 13.0. The second kappa shape index (κ2) is 9.97. The Bertz CT molecular complexity index is 974. The first-order chi connectivity index (χ1) is 15.3. The second-order valence-electron chi connectivity index (χ2n) is 9.65. The quantitative estimate of drug-likeness (QED) is 0.628. The van der Waals surface area contributed by atoms with Crippen LogP contribution in [0.5, 0.6) is 0 Å². The van der Waals surface area contributed by atoms with E-state index in [1.807, 2.05) is 19.1 Å². The van der Waals surface area contributed by atoms with Crippen LogP contribution in [0.4, 0.5) is 0 Å². The van der Waals surface area contributed by atoms with Gasteiger partial charge in [0.05, 0.1) is 10.9 Å². The van der Waals surface area contributed by atoms with E-state index in [4.69, 9.17) is 0 Å². The van der Waals surface area contributed by atoms with E-state index >= 15 is 0 Å². The van der Waals surface area contributed by atoms with E-state index < -0.39 is 9.84 Å². The molecule has 0 spiro atoms. The molecule has 0 N–H and O–H groups in total. The van der Waals surface area contributed by atoms with Crippen molar-refractivity contribution in [2.45, 2.75) is 75.7 Å². The average molecular weight is 461 g/mol. The molecule has 0 bridgehead atoms. The number of nitrogens with zero attached hydrogens (tertiary/aromatic N) is 6. The highest BCUT2D eigenvalue weighted by Crippen LogP contribution is 2.30. The minimum absolute atomic E-state index is 0.00766. The normalized spacial score (nSPS) is 20.6. The highest BCUT2D eigenvalue weighted by atomic mass is 32.2. The third-order valence-corrected chi connectivity index (χ3v) is 8.54. The molecule has 9 heteroatoms. The molecule has 1 aliphatic carbocycles. The fourth-order valence-corrected chi connectivity index (χ4v) is 6.41. The van der Waals surface area contributed by atoms with Gasteiger partial charge in [0.15, 0.2) is 21.5 Å². The lowest BCUT2D eigenvalue weighted by Gasteiger charge is -2.43. The summed E-state index contributed by atoms with van der Waals surface area (Å²) in [5.41, 5.74) is 1.03. The van der Waals surface area contributed by atoms with Gasteiger partial charge in [0, 0.05) is 32.2 Å². The predicted molar refractivity (Wildman–Crippen MR) is 124 cm³/mol. The van der Waals surface area contributed by atoms with Crippen LogP contribution >= 0.6 is 0 Å². The molecule has 176 valence electrons. The van der Waals surface area contributed by atoms with E-state index in [0.29, 0.717) is 10.7 Å². The van der Waals surface area contributed by atoms with Gasteiger partial charge in [-0.15, -0.1) is 5.10 Å². The first-order valence-corrected chi connectivity index (χ1v) is 13.5. The minimum atomic E-state index is -3.54. The predicted octanol–water partition coefficient (Wildman–Crippen LogP) is 3.06. The maximum atomic E-state index is 13.0. The van der Waals surface area contributed by atoms with E-state index in [1.165, 1.54) is 36.8 Å². The molecular formula is C23H36N6O2S. The summed E-state index contributed by atoms with van der Waals surface area (Å²) < 4.78 is 27.5. The summed E-state index contributed by atoms with van der Waals surface area (Å²) in [6, 6.07) is 7.66. The molecule has 1 saturated heterocycles. The summed E-state index contributed by atoms with van der Waals surface area (Å²) in [7, 11) is -3.54. The van der Waals surface area contributed by atoms with Crippen LogP contribution in [-0.4, -0.2) is 70.6 Å². The number of aromatic nitrogens is 4. The van der Waals surface area contributed by atoms with Crippen LogP contribution in [-0.2, 0) is 15.7 Å². The lowest BCUT2D eigenvalue weighted by molar-refractivity contribution is 0.0396. The molecule has 0 unspecified atom stereocenters. The molecule has 1 atom stereocenters. The Morgan fingerprint density at radius 2 is 1.66 bits per heavy atom. The van der Waals surface area contributed by atoms with Crippen LogP contribution in [0.1, 0.15) is 63.4 Å². The summed E-state index contributed by atoms with van der Waals surface area (Å²) in [4.78, 5) is 5.38. The average Bonchev–Trinajstić information content (AvgIpc) is 3.22. The number of sulfone groups is 1. The van der Waals surface area contributed by atoms with E-state index in [-0.39, 0.29) is 17.8 Å². The van der Waals surface area contributed by atoms with Crippen molar-refractivity contribution in [3.63, 3.8) is 0 Å². The fourth-order valence-electron chi connectivity index (χ4n) is 5.21. The molecule has 4 rings (SSSR count). The largest absolute Gasteiger partial charge is 0.298 e. The lowest BCUT2D eigenvalue weighted by Crippen LogP contribution is -2.52. The fraction of sp³-hybridized carbons (Fsp3) is 0.696. The summed E-state index contributed by atoms with van der Waals surface area (Å²) in [6.07, 6.45) is 6.72. The third kappa shape index (κ3) is 5.21. The van der Waals surface area contributed by atoms with E-state index in [2.05, 4.69) is 39.2 Å². The van der Waals surface area contributed by atoms with Crippen molar-refractivity contribution >= 4 is 9.84 Å². The number of aryl methyl sites for hydroxylation is 1. The molecule has 2 heterocycles. The van der Waals surface area contributed by atoms with Gasteiger partial charge in [0.1, 0.15) is 0 Å². The molecule has 32 heavy (non-hydrogen) atoms. The van der Waals surface area contributed by atoms with Gasteiger partial charge < -0.3 is 0 Å². The van der Waals surface area contributed by atoms with Crippen LogP contribution < -0.4 is 0 Å². The molecule has 1 aromatic heterocycles. The summed E-state index contributed by atoms with van der Waals surface area (Å²) in [5, 5.41) is 12.2. The third-order valence-electron chi connectivity index (χ3n) is 6.96. The van der Waals surface area contributed by atoms with Gasteiger partial charge in [-0.05, 0) is 48.2 Å². The number of hydrogen-bond donors (Lipinski definition) is 0. The van der Waals surface area contributed by atoms with Crippen molar-refractivity contribution in [1.29, 1.82) is 0 Å². The molecule has 1 aromatic carbocycles. The first-order valence-electron chi connectivity index (χ1n) is 11.9. The van der Waals surface area contributed by atoms with Gasteiger partial charge in [-0.1, -0.05) is 50.8 Å². The molecule has 8 nitrogen and oxygen atoms in total. The maximum Gasteiger partial charge on any atom is 0.198 e. The van der Waals surface area contributed by atoms with Crippen molar-refractivity contribution in [3.05, 3.63) is 35.7 Å². The first kappa shape index (κ1) is 23.3. The van der Waals surface area contributed by atoms with E-state index in [1.54, 1.807) is 12.1 Å². The van der Waals surface area contributed by atoms with Crippen molar-refractivity contribution in [2.75, 3.05) is 26.2 Å². The van der Waals surface area contributed by atoms with Gasteiger partial charge in [-0.2, -0.15) is 0 Å². The zero-order valence-electron chi connectivity index (χ0n) is 19.5. The number of hydrogen-bond acceptors (Lipinski definition) is 7. The van der Waals surface area contributed by atoms with Crippen molar-refractivity contribution in [3.8, 4) is 0 Å². The molecule has 2 aliphatic rings. The minimum Gasteiger partial charge on any atom is -0.298 e. The number of benzene rings is 1. The highest BCUT2D eigenvalue weighted by molar-refractivity contribution is 7.90. The zero-order chi connectivity index (χ0) is 22.7. The van der Waals surface area contributed by atoms with Gasteiger partial charge in [0.25, 0.3) is 0 Å². The van der Waals surface area contributed by atoms with Gasteiger partial charge in [-0.3, -0.25) is 9.80 Å². The van der Waals surface area contributed by atoms with Crippen molar-refractivity contribution in [2.24, 2.45) is 5.92 Å². The van der Waals surface area contributed by atoms with Crippen LogP contribution in [0.15, 0.2) is 29.2 Å². The van der Waals surface area contributed by atoms with E-state index in [9.17, 15) is 8.42 Å². The second-order valence-corrected chi connectivity index (χ2v) is 11.6. The Kier molecular flexibility index (Phi) is 7.27. The molecule has 0 radical (unpaired) electrons. The van der Waals surface area contributed by atoms with Crippen LogP contribution in [0.2, 0.25) is 0 Å². The molecule has 1 aliphatic heterocycles. The Morgan fingerprint density at radius 3 is 2.28 bits per heavy atom. The number of piperazine rings is 1. The molecule has 2 fully saturated rings. The Morgan fingerprint density at radius 1 is 1.00 bits per heavy atom. The molecular weight excluding hydrogens is 424 g/mol. The Balaban J connectivity index is 1.48. The summed E-state index contributed by atoms with van der Waals surface area (Å²) in [5.74, 6) is 0.661. The number of tetrazole rings is 1. The highest BCUT2D eigenvalue weighted by Gasteiger charge is 2.34. The van der Waals surface area contributed by atoms with Crippen LogP contribution in [0.3, 0.4) is 0 Å². The Labute approximate surface area is 191 Å². The van der Waals surface area contributed by atoms with Crippen LogP contribution in [0.25, 0.3) is 0 Å². The monoisotopic (exact) mass is 460 g/mol. The zero-order valence-corrected chi connectivity index (χ0v) is 20.3. The lowest BCUT2D eigenvalue weighted by atomic mass is 9.93. The smallest absolute Gasteiger partial charge is 0.198 e. The van der Waals surface area contributed by atoms with Crippen molar-refractivity contribution < 1.29 is 8.42 Å². The summed E-state index contributed by atoms with van der Waals surface area (Å²) in [6.45, 7) is 10.3. The van der Waals surface area contributed by atoms with Gasteiger partial charge >= 0.3 is 0 Å². The standard InChI is InChI=1S/C23H36N6O2S/c1-18(2)22(28-15-13-27(14-16-28)20-7-5-4-6-8-20)23-24-25-26-29(23)17-32(30,31)21-11-9-19(3)10-12-21/h9-12,18,20,22H,4-8,13-17H2,1-3H3/t22-/m0/s1. The topological polar surface area (TPSA) is 84.2 Å². The van der Waals surface area contributed by atoms with Crippen LogP contribution in [0, 0.1) is 12.8 Å². The van der Waals surface area contributed by atoms with Crippen molar-refractivity contribution in [1.82, 2.24) is 30.0 Å². The summed E-state index contributed by atoms with van der Waals surface area (Å²) >= 11 is 0.